The monoisotopic (exact) mass is 218 g/mol. The molecule has 0 saturated carbocycles. The van der Waals surface area contributed by atoms with Gasteiger partial charge in [0, 0.05) is 16.4 Å². The SMILES string of the molecule is Cc1cccc(-c2cc(Cl)cc(C)n2)n1. The van der Waals surface area contributed by atoms with E-state index in [4.69, 9.17) is 11.6 Å². The molecule has 0 saturated heterocycles. The van der Waals surface area contributed by atoms with Crippen molar-refractivity contribution >= 4 is 11.6 Å². The van der Waals surface area contributed by atoms with Gasteiger partial charge in [-0.15, -0.1) is 0 Å². The standard InChI is InChI=1S/C12H11ClN2/c1-8-4-3-5-11(14-8)12-7-10(13)6-9(2)15-12/h3-7H,1-2H3. The first-order chi connectivity index (χ1) is 7.15. The van der Waals surface area contributed by atoms with Gasteiger partial charge in [-0.2, -0.15) is 0 Å². The quantitative estimate of drug-likeness (QED) is 0.733. The Labute approximate surface area is 94.0 Å². The van der Waals surface area contributed by atoms with E-state index in [-0.39, 0.29) is 0 Å². The second kappa shape index (κ2) is 3.99. The van der Waals surface area contributed by atoms with Crippen molar-refractivity contribution in [1.29, 1.82) is 0 Å². The Morgan fingerprint density at radius 3 is 2.33 bits per heavy atom. The van der Waals surface area contributed by atoms with E-state index in [9.17, 15) is 0 Å². The Bertz CT molecular complexity index is 474. The minimum atomic E-state index is 0.695. The number of halogens is 1. The number of pyridine rings is 2. The van der Waals surface area contributed by atoms with Gasteiger partial charge in [0.25, 0.3) is 0 Å². The van der Waals surface area contributed by atoms with E-state index in [1.165, 1.54) is 0 Å². The lowest BCUT2D eigenvalue weighted by Crippen LogP contribution is -1.91. The first-order valence-corrected chi connectivity index (χ1v) is 5.11. The summed E-state index contributed by atoms with van der Waals surface area (Å²) in [6.45, 7) is 3.88. The summed E-state index contributed by atoms with van der Waals surface area (Å²) >= 11 is 5.97. The number of aryl methyl sites for hydroxylation is 2. The average molecular weight is 219 g/mol. The van der Waals surface area contributed by atoms with E-state index in [2.05, 4.69) is 9.97 Å². The van der Waals surface area contributed by atoms with Crippen LogP contribution in [0.3, 0.4) is 0 Å². The average Bonchev–Trinajstić information content (AvgIpc) is 2.16. The fourth-order valence-corrected chi connectivity index (χ4v) is 1.70. The Morgan fingerprint density at radius 1 is 0.933 bits per heavy atom. The predicted molar refractivity (Wildman–Crippen MR) is 62.0 cm³/mol. The van der Waals surface area contributed by atoms with Crippen molar-refractivity contribution in [2.75, 3.05) is 0 Å². The highest BCUT2D eigenvalue weighted by Gasteiger charge is 2.03. The van der Waals surface area contributed by atoms with Crippen LogP contribution in [0.15, 0.2) is 30.3 Å². The van der Waals surface area contributed by atoms with Gasteiger partial charge in [0.2, 0.25) is 0 Å². The smallest absolute Gasteiger partial charge is 0.0904 e. The molecular weight excluding hydrogens is 208 g/mol. The van der Waals surface area contributed by atoms with Crippen molar-refractivity contribution in [1.82, 2.24) is 9.97 Å². The minimum absolute atomic E-state index is 0.695. The molecule has 0 aliphatic heterocycles. The van der Waals surface area contributed by atoms with Crippen molar-refractivity contribution in [3.05, 3.63) is 46.7 Å². The van der Waals surface area contributed by atoms with Crippen LogP contribution in [0.5, 0.6) is 0 Å². The van der Waals surface area contributed by atoms with Gasteiger partial charge in [0.05, 0.1) is 11.4 Å². The fourth-order valence-electron chi connectivity index (χ4n) is 1.44. The maximum Gasteiger partial charge on any atom is 0.0904 e. The maximum atomic E-state index is 5.97. The second-order valence-electron chi connectivity index (χ2n) is 3.48. The van der Waals surface area contributed by atoms with Gasteiger partial charge < -0.3 is 0 Å². The van der Waals surface area contributed by atoms with Gasteiger partial charge in [-0.1, -0.05) is 17.7 Å². The lowest BCUT2D eigenvalue weighted by atomic mass is 10.2. The summed E-state index contributed by atoms with van der Waals surface area (Å²) in [6.07, 6.45) is 0. The molecule has 0 amide bonds. The number of aromatic nitrogens is 2. The number of hydrogen-bond acceptors (Lipinski definition) is 2. The van der Waals surface area contributed by atoms with Crippen molar-refractivity contribution < 1.29 is 0 Å². The van der Waals surface area contributed by atoms with E-state index < -0.39 is 0 Å². The van der Waals surface area contributed by atoms with Crippen LogP contribution in [0, 0.1) is 13.8 Å². The van der Waals surface area contributed by atoms with Crippen LogP contribution >= 0.6 is 11.6 Å². The Balaban J connectivity index is 2.54. The Kier molecular flexibility index (Phi) is 2.69. The minimum Gasteiger partial charge on any atom is -0.251 e. The van der Waals surface area contributed by atoms with Crippen LogP contribution in [0.4, 0.5) is 0 Å². The van der Waals surface area contributed by atoms with Crippen molar-refractivity contribution in [3.63, 3.8) is 0 Å². The van der Waals surface area contributed by atoms with Gasteiger partial charge in [-0.05, 0) is 38.1 Å². The molecule has 0 aromatic carbocycles. The van der Waals surface area contributed by atoms with Crippen molar-refractivity contribution in [3.8, 4) is 11.4 Å². The molecule has 76 valence electrons. The number of rotatable bonds is 1. The summed E-state index contributed by atoms with van der Waals surface area (Å²) < 4.78 is 0. The maximum absolute atomic E-state index is 5.97. The molecule has 0 unspecified atom stereocenters. The van der Waals surface area contributed by atoms with Crippen LogP contribution < -0.4 is 0 Å². The number of nitrogens with zero attached hydrogens (tertiary/aromatic N) is 2. The van der Waals surface area contributed by atoms with Gasteiger partial charge in [-0.25, -0.2) is 0 Å². The molecule has 0 aliphatic carbocycles. The third-order valence-electron chi connectivity index (χ3n) is 2.07. The summed E-state index contributed by atoms with van der Waals surface area (Å²) in [7, 11) is 0. The van der Waals surface area contributed by atoms with E-state index in [0.717, 1.165) is 22.8 Å². The highest BCUT2D eigenvalue weighted by atomic mass is 35.5. The molecule has 0 spiro atoms. The van der Waals surface area contributed by atoms with Gasteiger partial charge >= 0.3 is 0 Å². The highest BCUT2D eigenvalue weighted by molar-refractivity contribution is 6.30. The Morgan fingerprint density at radius 2 is 1.67 bits per heavy atom. The fraction of sp³-hybridized carbons (Fsp3) is 0.167. The van der Waals surface area contributed by atoms with Gasteiger partial charge in [-0.3, -0.25) is 9.97 Å². The molecule has 0 radical (unpaired) electrons. The van der Waals surface area contributed by atoms with Crippen LogP contribution in [-0.2, 0) is 0 Å². The van der Waals surface area contributed by atoms with E-state index in [0.29, 0.717) is 5.02 Å². The first-order valence-electron chi connectivity index (χ1n) is 4.73. The van der Waals surface area contributed by atoms with Crippen molar-refractivity contribution in [2.45, 2.75) is 13.8 Å². The third kappa shape index (κ3) is 2.34. The molecular formula is C12H11ClN2. The van der Waals surface area contributed by atoms with Gasteiger partial charge in [0.15, 0.2) is 0 Å². The van der Waals surface area contributed by atoms with Crippen LogP contribution in [0.1, 0.15) is 11.4 Å². The topological polar surface area (TPSA) is 25.8 Å². The predicted octanol–water partition coefficient (Wildman–Crippen LogP) is 3.41. The molecule has 0 aliphatic rings. The molecule has 0 bridgehead atoms. The van der Waals surface area contributed by atoms with E-state index >= 15 is 0 Å². The van der Waals surface area contributed by atoms with Crippen LogP contribution in [-0.4, -0.2) is 9.97 Å². The molecule has 2 nitrogen and oxygen atoms in total. The van der Waals surface area contributed by atoms with E-state index in [1.54, 1.807) is 0 Å². The second-order valence-corrected chi connectivity index (χ2v) is 3.91. The zero-order valence-corrected chi connectivity index (χ0v) is 9.42. The molecule has 0 atom stereocenters. The molecule has 2 aromatic heterocycles. The third-order valence-corrected chi connectivity index (χ3v) is 2.29. The molecule has 3 heteroatoms. The zero-order valence-electron chi connectivity index (χ0n) is 8.66. The zero-order chi connectivity index (χ0) is 10.8. The van der Waals surface area contributed by atoms with Crippen molar-refractivity contribution in [2.24, 2.45) is 0 Å². The summed E-state index contributed by atoms with van der Waals surface area (Å²) in [4.78, 5) is 8.80. The first kappa shape index (κ1) is 10.1. The molecule has 2 heterocycles. The van der Waals surface area contributed by atoms with Gasteiger partial charge in [0.1, 0.15) is 0 Å². The summed E-state index contributed by atoms with van der Waals surface area (Å²) in [5.41, 5.74) is 3.57. The number of hydrogen-bond donors (Lipinski definition) is 0. The summed E-state index contributed by atoms with van der Waals surface area (Å²) in [5, 5.41) is 0.695. The van der Waals surface area contributed by atoms with Crippen LogP contribution in [0.25, 0.3) is 11.4 Å². The molecule has 15 heavy (non-hydrogen) atoms. The van der Waals surface area contributed by atoms with E-state index in [1.807, 2.05) is 44.2 Å². The molecule has 2 aromatic rings. The molecule has 0 N–H and O–H groups in total. The Hall–Kier alpha value is -1.41. The highest BCUT2D eigenvalue weighted by Crippen LogP contribution is 2.19. The summed E-state index contributed by atoms with van der Waals surface area (Å²) in [5.74, 6) is 0. The largest absolute Gasteiger partial charge is 0.251 e. The molecule has 0 fully saturated rings. The van der Waals surface area contributed by atoms with Crippen LogP contribution in [0.2, 0.25) is 5.02 Å². The normalized spacial score (nSPS) is 10.3. The molecule has 2 rings (SSSR count). The lowest BCUT2D eigenvalue weighted by molar-refractivity contribution is 1.15. The summed E-state index contributed by atoms with van der Waals surface area (Å²) in [6, 6.07) is 9.53. The lowest BCUT2D eigenvalue weighted by Gasteiger charge is -2.03.